The normalized spacial score (nSPS) is 10.4. The second-order valence-corrected chi connectivity index (χ2v) is 26.1. The van der Waals surface area contributed by atoms with Crippen LogP contribution in [0.15, 0.2) is 91.0 Å². The first-order valence-corrected chi connectivity index (χ1v) is 23.5. The molecule has 0 aliphatic carbocycles. The van der Waals surface area contributed by atoms with Gasteiger partial charge in [0.05, 0.1) is 0 Å². The third-order valence-corrected chi connectivity index (χ3v) is 13.8. The molecule has 5 rings (SSSR count). The Balaban J connectivity index is 0.000000195. The van der Waals surface area contributed by atoms with Crippen LogP contribution in [0.5, 0.6) is 0 Å². The summed E-state index contributed by atoms with van der Waals surface area (Å²) in [5.41, 5.74) is 5.66. The van der Waals surface area contributed by atoms with Crippen LogP contribution in [-0.2, 0) is 18.0 Å². The second kappa shape index (κ2) is 15.2. The van der Waals surface area contributed by atoms with Gasteiger partial charge in [0.2, 0.25) is 0 Å². The summed E-state index contributed by atoms with van der Waals surface area (Å²) in [4.78, 5) is 0. The Bertz CT molecular complexity index is 1340. The first kappa shape index (κ1) is 31.8. The molecular formula is C33H38Cl2SiZr-3. The monoisotopic (exact) mass is 622 g/mol. The van der Waals surface area contributed by atoms with E-state index in [9.17, 15) is 0 Å². The topological polar surface area (TPSA) is 0 Å². The Hall–Kier alpha value is -1.44. The van der Waals surface area contributed by atoms with Crippen molar-refractivity contribution in [1.29, 1.82) is 0 Å². The maximum atomic E-state index is 5.79. The van der Waals surface area contributed by atoms with Crippen molar-refractivity contribution in [2.75, 3.05) is 0 Å². The van der Waals surface area contributed by atoms with Gasteiger partial charge in [-0.25, -0.2) is 0 Å². The van der Waals surface area contributed by atoms with E-state index in [1.807, 2.05) is 18.2 Å². The molecule has 5 aromatic rings. The van der Waals surface area contributed by atoms with Crippen LogP contribution in [0.1, 0.15) is 61.8 Å². The summed E-state index contributed by atoms with van der Waals surface area (Å²) in [6.07, 6.45) is 0.688. The summed E-state index contributed by atoms with van der Waals surface area (Å²) in [6, 6.07) is 32.4. The standard InChI is InChI=1S/2C13H15.C6H5Si.CH3.2ClH.Zr/c2*1-9(2)12-6-4-5-11-7-10(3)8-13(11)12;7-6-4-2-1-3-5-6;;;;/h2*4-9H,1-3H3;1-5H;1H3;2*1H;/q2*-1;;-1;;;+2/p-2. The van der Waals surface area contributed by atoms with E-state index in [1.54, 1.807) is 0 Å². The fourth-order valence-electron chi connectivity index (χ4n) is 4.46. The molecule has 5 aromatic carbocycles. The van der Waals surface area contributed by atoms with Gasteiger partial charge >= 0.3 is 76.7 Å². The number of hydrogen-bond acceptors (Lipinski definition) is 0. The van der Waals surface area contributed by atoms with Gasteiger partial charge in [0.1, 0.15) is 0 Å². The van der Waals surface area contributed by atoms with E-state index in [1.165, 1.54) is 49.0 Å². The van der Waals surface area contributed by atoms with E-state index in [4.69, 9.17) is 17.0 Å². The summed E-state index contributed by atoms with van der Waals surface area (Å²) < 4.78 is 0. The molecular weight excluding hydrogens is 587 g/mol. The van der Waals surface area contributed by atoms with E-state index in [2.05, 4.69) is 114 Å². The van der Waals surface area contributed by atoms with Crippen molar-refractivity contribution < 1.29 is 18.0 Å². The fraction of sp³-hybridized carbons (Fsp3) is 0.242. The minimum absolute atomic E-state index is 0. The second-order valence-electron chi connectivity index (χ2n) is 9.83. The van der Waals surface area contributed by atoms with Crippen molar-refractivity contribution in [3.8, 4) is 0 Å². The van der Waals surface area contributed by atoms with Gasteiger partial charge in [-0.3, -0.25) is 0 Å². The maximum absolute atomic E-state index is 5.79. The van der Waals surface area contributed by atoms with E-state index in [0.29, 0.717) is 18.0 Å². The van der Waals surface area contributed by atoms with Gasteiger partial charge in [-0.15, -0.1) is 69.1 Å². The zero-order valence-corrected chi connectivity index (χ0v) is 28.0. The zero-order chi connectivity index (χ0) is 26.2. The molecule has 4 heteroatoms. The van der Waals surface area contributed by atoms with Crippen molar-refractivity contribution in [1.82, 2.24) is 0 Å². The van der Waals surface area contributed by atoms with Gasteiger partial charge in [0.15, 0.2) is 0 Å². The van der Waals surface area contributed by atoms with Crippen LogP contribution in [0, 0.1) is 21.3 Å². The Morgan fingerprint density at radius 2 is 1.08 bits per heavy atom. The zero-order valence-electron chi connectivity index (χ0n) is 23.1. The van der Waals surface area contributed by atoms with Crippen molar-refractivity contribution in [2.24, 2.45) is 0 Å². The van der Waals surface area contributed by atoms with Crippen molar-refractivity contribution in [3.05, 3.63) is 121 Å². The molecule has 0 aliphatic rings. The van der Waals surface area contributed by atoms with E-state index < -0.39 is 18.0 Å². The predicted molar refractivity (Wildman–Crippen MR) is 167 cm³/mol. The summed E-state index contributed by atoms with van der Waals surface area (Å²) in [5.74, 6) is 1.23. The van der Waals surface area contributed by atoms with Crippen LogP contribution >= 0.6 is 17.0 Å². The van der Waals surface area contributed by atoms with Crippen molar-refractivity contribution in [2.45, 2.75) is 53.4 Å². The number of halogens is 2. The molecule has 195 valence electrons. The summed E-state index contributed by atoms with van der Waals surface area (Å²) in [6.45, 7) is 13.3. The van der Waals surface area contributed by atoms with E-state index >= 15 is 0 Å². The Morgan fingerprint density at radius 3 is 1.46 bits per heavy atom. The van der Waals surface area contributed by atoms with Gasteiger partial charge < -0.3 is 7.43 Å². The predicted octanol–water partition coefficient (Wildman–Crippen LogP) is 10.3. The molecule has 0 fully saturated rings. The molecule has 0 heterocycles. The van der Waals surface area contributed by atoms with Crippen LogP contribution < -0.4 is 5.19 Å². The third kappa shape index (κ3) is 9.36. The van der Waals surface area contributed by atoms with Crippen LogP contribution in [0.3, 0.4) is 0 Å². The molecule has 0 bridgehead atoms. The molecule has 0 unspecified atom stereocenters. The van der Waals surface area contributed by atoms with Crippen LogP contribution in [0.25, 0.3) is 21.5 Å². The molecule has 0 saturated heterocycles. The van der Waals surface area contributed by atoms with Crippen molar-refractivity contribution in [3.63, 3.8) is 0 Å². The molecule has 0 nitrogen and oxygen atoms in total. The summed E-state index contributed by atoms with van der Waals surface area (Å²) in [5, 5.41) is 6.90. The molecule has 0 spiro atoms. The van der Waals surface area contributed by atoms with Gasteiger partial charge in [-0.05, 0) is 11.8 Å². The molecule has 0 aromatic heterocycles. The minimum atomic E-state index is -1.91. The van der Waals surface area contributed by atoms with Crippen molar-refractivity contribution >= 4 is 49.9 Å². The van der Waals surface area contributed by atoms with Crippen LogP contribution in [0.2, 0.25) is 0 Å². The molecule has 1 radical (unpaired) electrons. The third-order valence-electron chi connectivity index (χ3n) is 6.11. The van der Waals surface area contributed by atoms with Gasteiger partial charge in [-0.1, -0.05) is 64.8 Å². The molecule has 37 heavy (non-hydrogen) atoms. The number of fused-ring (bicyclic) bond motifs is 2. The van der Waals surface area contributed by atoms with Crippen LogP contribution in [0.4, 0.5) is 0 Å². The van der Waals surface area contributed by atoms with Gasteiger partial charge in [0.25, 0.3) is 0 Å². The summed E-state index contributed by atoms with van der Waals surface area (Å²) in [7, 11) is 11.6. The first-order chi connectivity index (χ1) is 17.2. The number of hydrogen-bond donors (Lipinski definition) is 0. The summed E-state index contributed by atoms with van der Waals surface area (Å²) >= 11 is -1.91. The Labute approximate surface area is 240 Å². The van der Waals surface area contributed by atoms with Gasteiger partial charge in [-0.2, -0.15) is 12.1 Å². The Kier molecular flexibility index (Phi) is 13.1. The molecule has 0 saturated carbocycles. The number of aryl methyl sites for hydroxylation is 2. The number of rotatable bonds is 3. The fourth-order valence-corrected chi connectivity index (χ4v) is 11.7. The van der Waals surface area contributed by atoms with Gasteiger partial charge in [0, 0.05) is 0 Å². The number of benzene rings is 3. The van der Waals surface area contributed by atoms with Crippen LogP contribution in [-0.4, -0.2) is 6.16 Å². The molecule has 0 N–H and O–H groups in total. The molecule has 0 atom stereocenters. The average molecular weight is 625 g/mol. The molecule has 0 amide bonds. The quantitative estimate of drug-likeness (QED) is 0.138. The Morgan fingerprint density at radius 1 is 0.649 bits per heavy atom. The van der Waals surface area contributed by atoms with E-state index in [0.717, 1.165) is 0 Å². The average Bonchev–Trinajstić information content (AvgIpc) is 3.40. The van der Waals surface area contributed by atoms with E-state index in [-0.39, 0.29) is 7.43 Å². The SMILES string of the molecule is Cc1cc2c(C(C)C)cccc2[cH-]1.Cc1cc2c(C(C)C)cccc2[cH-]1.[CH3-].[Cl][Zr]([Cl])=[Si]c1ccccc1. The molecule has 0 aliphatic heterocycles. The first-order valence-electron chi connectivity index (χ1n) is 12.5.